The first kappa shape index (κ1) is 38.2. The summed E-state index contributed by atoms with van der Waals surface area (Å²) in [4.78, 5) is 0. The van der Waals surface area contributed by atoms with Crippen LogP contribution in [0.2, 0.25) is 36.3 Å². The van der Waals surface area contributed by atoms with Gasteiger partial charge in [0, 0.05) is 0 Å². The molecule has 0 saturated heterocycles. The summed E-state index contributed by atoms with van der Waals surface area (Å²) >= 11 is -4.51. The molecule has 0 aliphatic rings. The van der Waals surface area contributed by atoms with Gasteiger partial charge in [0.05, 0.1) is 0 Å². The Kier molecular flexibility index (Phi) is 17.7. The monoisotopic (exact) mass is 638 g/mol. The third kappa shape index (κ3) is 16.3. The fraction of sp³-hybridized carbons (Fsp3) is 1.00. The van der Waals surface area contributed by atoms with E-state index in [9.17, 15) is 0 Å². The topological polar surface area (TPSA) is 36.9 Å². The molecule has 0 unspecified atom stereocenters. The maximum atomic E-state index is 7.70. The zero-order valence-corrected chi connectivity index (χ0v) is 32.5. The molecule has 4 nitrogen and oxygen atoms in total. The summed E-state index contributed by atoms with van der Waals surface area (Å²) in [6, 6.07) is 6.84. The minimum absolute atomic E-state index is 0.0160. The van der Waals surface area contributed by atoms with Crippen LogP contribution in [0.25, 0.3) is 0 Å². The summed E-state index contributed by atoms with van der Waals surface area (Å²) in [5, 5.41) is 0. The van der Waals surface area contributed by atoms with Crippen LogP contribution in [0.4, 0.5) is 0 Å². The van der Waals surface area contributed by atoms with E-state index in [0.717, 1.165) is 36.3 Å². The summed E-state index contributed by atoms with van der Waals surface area (Å²) < 4.78 is 29.3. The van der Waals surface area contributed by atoms with Gasteiger partial charge in [0.2, 0.25) is 0 Å². The third-order valence-corrected chi connectivity index (χ3v) is 30.7. The average molecular weight is 640 g/mol. The van der Waals surface area contributed by atoms with Crippen molar-refractivity contribution in [1.82, 2.24) is 0 Å². The van der Waals surface area contributed by atoms with E-state index in [1.54, 1.807) is 0 Å². The van der Waals surface area contributed by atoms with Crippen LogP contribution in [-0.2, 0) is 32.7 Å². The van der Waals surface area contributed by atoms with E-state index in [2.05, 4.69) is 111 Å². The van der Waals surface area contributed by atoms with E-state index < -0.39 is 38.7 Å². The molecule has 0 aliphatic carbocycles. The van der Waals surface area contributed by atoms with Crippen LogP contribution in [0.1, 0.15) is 111 Å². The van der Waals surface area contributed by atoms with Crippen molar-refractivity contribution >= 4 is 16.6 Å². The van der Waals surface area contributed by atoms with Crippen LogP contribution in [-0.4, -0.2) is 28.8 Å². The van der Waals surface area contributed by atoms with Gasteiger partial charge >= 0.3 is 244 Å². The Bertz CT molecular complexity index is 501. The second-order valence-corrected chi connectivity index (χ2v) is 29.2. The van der Waals surface area contributed by atoms with Gasteiger partial charge < -0.3 is 0 Å². The van der Waals surface area contributed by atoms with E-state index in [-0.39, 0.29) is 12.2 Å². The van der Waals surface area contributed by atoms with E-state index in [1.807, 2.05) is 0 Å². The molecule has 0 radical (unpaired) electrons. The Labute approximate surface area is 242 Å². The molecular formula is C30H68O4Si2Zr. The molecular weight excluding hydrogens is 572 g/mol. The molecule has 0 heterocycles. The number of rotatable bonds is 20. The molecule has 7 heteroatoms. The molecule has 0 fully saturated rings. The minimum atomic E-state index is -4.51. The van der Waals surface area contributed by atoms with E-state index in [4.69, 9.17) is 10.6 Å². The Morgan fingerprint density at radius 2 is 0.568 bits per heavy atom. The molecule has 37 heavy (non-hydrogen) atoms. The van der Waals surface area contributed by atoms with E-state index in [1.165, 1.54) is 0 Å². The molecule has 0 rings (SSSR count). The van der Waals surface area contributed by atoms with Crippen LogP contribution < -0.4 is 0 Å². The van der Waals surface area contributed by atoms with Gasteiger partial charge in [0.15, 0.2) is 0 Å². The van der Waals surface area contributed by atoms with Gasteiger partial charge in [-0.2, -0.15) is 0 Å². The molecule has 0 aliphatic heterocycles. The second kappa shape index (κ2) is 17.2. The molecule has 0 N–H and O–H groups in total. The van der Waals surface area contributed by atoms with Gasteiger partial charge in [-0.15, -0.1) is 0 Å². The van der Waals surface area contributed by atoms with Crippen molar-refractivity contribution in [1.29, 1.82) is 0 Å². The van der Waals surface area contributed by atoms with Crippen molar-refractivity contribution in [2.75, 3.05) is 0 Å². The Hall–Kier alpha value is 1.16. The quantitative estimate of drug-likeness (QED) is 0.124. The predicted octanol–water partition coefficient (Wildman–Crippen LogP) is 10.5. The van der Waals surface area contributed by atoms with Gasteiger partial charge in [-0.1, -0.05) is 0 Å². The van der Waals surface area contributed by atoms with Crippen molar-refractivity contribution in [3.63, 3.8) is 0 Å². The molecule has 224 valence electrons. The molecule has 0 spiro atoms. The predicted molar refractivity (Wildman–Crippen MR) is 164 cm³/mol. The zero-order valence-electron chi connectivity index (χ0n) is 28.0. The Morgan fingerprint density at radius 1 is 0.378 bits per heavy atom. The van der Waals surface area contributed by atoms with Crippen molar-refractivity contribution in [2.24, 2.45) is 35.5 Å². The Morgan fingerprint density at radius 3 is 0.703 bits per heavy atom. The SMILES string of the molecule is CC(C)C[Si](CC(C)C)(CC(C)C)[O][Zr]([O]C(C)C)([O]C(C)C)[O][Si](CC(C)C)(CC(C)C)CC(C)C. The fourth-order valence-electron chi connectivity index (χ4n) is 6.47. The van der Waals surface area contributed by atoms with Crippen LogP contribution in [0.3, 0.4) is 0 Å². The molecule has 0 saturated carbocycles. The summed E-state index contributed by atoms with van der Waals surface area (Å²) in [5.74, 6) is 3.47. The molecule has 0 aromatic carbocycles. The van der Waals surface area contributed by atoms with Crippen LogP contribution in [0, 0.1) is 35.5 Å². The summed E-state index contributed by atoms with van der Waals surface area (Å²) in [7, 11) is -4.47. The first-order chi connectivity index (χ1) is 16.7. The van der Waals surface area contributed by atoms with E-state index in [0.29, 0.717) is 35.5 Å². The van der Waals surface area contributed by atoms with Crippen LogP contribution in [0.15, 0.2) is 0 Å². The van der Waals surface area contributed by atoms with Gasteiger partial charge in [-0.05, 0) is 0 Å². The molecule has 0 aromatic rings. The fourth-order valence-corrected chi connectivity index (χ4v) is 35.1. The van der Waals surface area contributed by atoms with Gasteiger partial charge in [-0.25, -0.2) is 0 Å². The van der Waals surface area contributed by atoms with Crippen molar-refractivity contribution in [2.45, 2.75) is 159 Å². The van der Waals surface area contributed by atoms with Crippen LogP contribution >= 0.6 is 0 Å². The molecule has 0 amide bonds. The van der Waals surface area contributed by atoms with Crippen LogP contribution in [0.5, 0.6) is 0 Å². The van der Waals surface area contributed by atoms with Gasteiger partial charge in [0.1, 0.15) is 0 Å². The Balaban J connectivity index is 7.14. The summed E-state index contributed by atoms with van der Waals surface area (Å²) in [6.45, 7) is 36.8. The van der Waals surface area contributed by atoms with Gasteiger partial charge in [-0.3, -0.25) is 0 Å². The van der Waals surface area contributed by atoms with Crippen molar-refractivity contribution in [3.8, 4) is 0 Å². The summed E-state index contributed by atoms with van der Waals surface area (Å²) in [6.07, 6.45) is 0.0319. The second-order valence-electron chi connectivity index (χ2n) is 15.0. The molecule has 0 atom stereocenters. The van der Waals surface area contributed by atoms with Crippen molar-refractivity contribution < 1.29 is 32.7 Å². The maximum absolute atomic E-state index is 7.70. The molecule has 0 bridgehead atoms. The third-order valence-electron chi connectivity index (χ3n) is 6.12. The summed E-state index contributed by atoms with van der Waals surface area (Å²) in [5.41, 5.74) is 0. The normalized spacial score (nSPS) is 14.3. The molecule has 0 aromatic heterocycles. The standard InChI is InChI=1S/2C12H27OSi.2C3H7O.Zr/c2*1-10(2)7-14(13,8-11(3)4)9-12(5)6;2*1-3(2)4;/h2*10-12H,7-9H2,1-6H3;2*3H,1-2H3;/q4*-1;+4. The van der Waals surface area contributed by atoms with Gasteiger partial charge in [0.25, 0.3) is 0 Å². The number of hydrogen-bond donors (Lipinski definition) is 0. The van der Waals surface area contributed by atoms with Crippen molar-refractivity contribution in [3.05, 3.63) is 0 Å². The zero-order chi connectivity index (χ0) is 29.2. The first-order valence-electron chi connectivity index (χ1n) is 15.5. The first-order valence-corrected chi connectivity index (χ1v) is 24.6. The van der Waals surface area contributed by atoms with E-state index >= 15 is 0 Å². The average Bonchev–Trinajstić information content (AvgIpc) is 2.54. The number of hydrogen-bond acceptors (Lipinski definition) is 4.